The molecule has 1 fully saturated rings. The lowest BCUT2D eigenvalue weighted by Gasteiger charge is -2.24. The monoisotopic (exact) mass is 289 g/mol. The Labute approximate surface area is 127 Å². The van der Waals surface area contributed by atoms with Gasteiger partial charge in [-0.05, 0) is 30.9 Å². The fraction of sp³-hybridized carbons (Fsp3) is 0.556. The quantitative estimate of drug-likeness (QED) is 0.813. The van der Waals surface area contributed by atoms with E-state index < -0.39 is 0 Å². The summed E-state index contributed by atoms with van der Waals surface area (Å²) in [5.41, 5.74) is 1.42. The van der Waals surface area contributed by atoms with Gasteiger partial charge in [-0.25, -0.2) is 4.39 Å². The van der Waals surface area contributed by atoms with E-state index in [1.165, 1.54) is 18.9 Å². The first-order valence-electron chi connectivity index (χ1n) is 7.72. The molecule has 0 spiro atoms. The van der Waals surface area contributed by atoms with Gasteiger partial charge in [0, 0.05) is 36.7 Å². The minimum atomic E-state index is -0.180. The van der Waals surface area contributed by atoms with Crippen LogP contribution in [0.3, 0.4) is 0 Å². The normalized spacial score (nSPS) is 14.4. The van der Waals surface area contributed by atoms with Crippen molar-refractivity contribution in [3.8, 4) is 11.8 Å². The van der Waals surface area contributed by atoms with Crippen LogP contribution in [0.25, 0.3) is 0 Å². The van der Waals surface area contributed by atoms with E-state index in [0.717, 1.165) is 12.1 Å². The van der Waals surface area contributed by atoms with E-state index >= 15 is 0 Å². The van der Waals surface area contributed by atoms with E-state index in [-0.39, 0.29) is 12.4 Å². The molecule has 114 valence electrons. The number of nitrogens with zero attached hydrogens (tertiary/aromatic N) is 1. The highest BCUT2D eigenvalue weighted by Crippen LogP contribution is 2.29. The minimum Gasteiger partial charge on any atom is -0.395 e. The summed E-state index contributed by atoms with van der Waals surface area (Å²) in [6.07, 6.45) is 2.89. The second-order valence-corrected chi connectivity index (χ2v) is 6.14. The van der Waals surface area contributed by atoms with Crippen molar-refractivity contribution in [2.75, 3.05) is 13.2 Å². The standard InChI is InChI=1S/C18H24FNO/c1-14(2)12-20(17-8-9-17)13-16-7-6-15(11-18(16)19)5-3-4-10-21/h6-7,11,14,17,21H,4,8-10,12-13H2,1-2H3. The van der Waals surface area contributed by atoms with Gasteiger partial charge in [0.1, 0.15) is 5.82 Å². The zero-order chi connectivity index (χ0) is 15.2. The van der Waals surface area contributed by atoms with Gasteiger partial charge in [-0.2, -0.15) is 0 Å². The molecule has 0 unspecified atom stereocenters. The Balaban J connectivity index is 2.04. The number of aliphatic hydroxyl groups is 1. The van der Waals surface area contributed by atoms with Crippen molar-refractivity contribution >= 4 is 0 Å². The van der Waals surface area contributed by atoms with Crippen molar-refractivity contribution in [1.82, 2.24) is 4.90 Å². The van der Waals surface area contributed by atoms with Crippen LogP contribution in [0.1, 0.15) is 44.2 Å². The average molecular weight is 289 g/mol. The van der Waals surface area contributed by atoms with Crippen LogP contribution in [0.5, 0.6) is 0 Å². The number of benzene rings is 1. The van der Waals surface area contributed by atoms with Crippen molar-refractivity contribution in [3.63, 3.8) is 0 Å². The molecule has 0 radical (unpaired) electrons. The second kappa shape index (κ2) is 7.59. The maximum atomic E-state index is 14.2. The fourth-order valence-corrected chi connectivity index (χ4v) is 2.44. The van der Waals surface area contributed by atoms with E-state index in [2.05, 4.69) is 30.6 Å². The summed E-state index contributed by atoms with van der Waals surface area (Å²) in [7, 11) is 0. The van der Waals surface area contributed by atoms with Crippen LogP contribution < -0.4 is 0 Å². The van der Waals surface area contributed by atoms with E-state index in [1.807, 2.05) is 12.1 Å². The highest BCUT2D eigenvalue weighted by atomic mass is 19.1. The van der Waals surface area contributed by atoms with Gasteiger partial charge in [0.25, 0.3) is 0 Å². The van der Waals surface area contributed by atoms with Gasteiger partial charge in [0.05, 0.1) is 6.61 Å². The van der Waals surface area contributed by atoms with Crippen LogP contribution in [-0.4, -0.2) is 29.2 Å². The Hall–Kier alpha value is -1.37. The lowest BCUT2D eigenvalue weighted by molar-refractivity contribution is 0.223. The zero-order valence-corrected chi connectivity index (χ0v) is 12.9. The van der Waals surface area contributed by atoms with Crippen molar-refractivity contribution < 1.29 is 9.50 Å². The first-order chi connectivity index (χ1) is 10.1. The summed E-state index contributed by atoms with van der Waals surface area (Å²) in [6, 6.07) is 5.84. The Morgan fingerprint density at radius 2 is 2.14 bits per heavy atom. The van der Waals surface area contributed by atoms with Crippen molar-refractivity contribution in [2.45, 2.75) is 45.7 Å². The van der Waals surface area contributed by atoms with E-state index in [0.29, 0.717) is 30.5 Å². The van der Waals surface area contributed by atoms with Crippen LogP contribution in [0.15, 0.2) is 18.2 Å². The average Bonchev–Trinajstić information content (AvgIpc) is 3.25. The van der Waals surface area contributed by atoms with Crippen molar-refractivity contribution in [1.29, 1.82) is 0 Å². The van der Waals surface area contributed by atoms with Gasteiger partial charge in [-0.3, -0.25) is 4.90 Å². The molecule has 0 heterocycles. The number of aliphatic hydroxyl groups excluding tert-OH is 1. The predicted molar refractivity (Wildman–Crippen MR) is 83.3 cm³/mol. The van der Waals surface area contributed by atoms with Gasteiger partial charge in [-0.15, -0.1) is 0 Å². The maximum absolute atomic E-state index is 14.2. The van der Waals surface area contributed by atoms with Crippen molar-refractivity contribution in [2.24, 2.45) is 5.92 Å². The molecule has 1 saturated carbocycles. The molecule has 1 aromatic rings. The molecule has 0 aliphatic heterocycles. The molecule has 21 heavy (non-hydrogen) atoms. The predicted octanol–water partition coefficient (Wildman–Crippen LogP) is 3.18. The molecule has 0 aromatic heterocycles. The van der Waals surface area contributed by atoms with Crippen molar-refractivity contribution in [3.05, 3.63) is 35.1 Å². The van der Waals surface area contributed by atoms with Crippen LogP contribution in [0, 0.1) is 23.6 Å². The summed E-state index contributed by atoms with van der Waals surface area (Å²) in [6.45, 7) is 6.14. The number of hydrogen-bond donors (Lipinski definition) is 1. The summed E-state index contributed by atoms with van der Waals surface area (Å²) in [5, 5.41) is 8.69. The molecule has 0 atom stereocenters. The Morgan fingerprint density at radius 1 is 1.38 bits per heavy atom. The highest BCUT2D eigenvalue weighted by Gasteiger charge is 2.29. The number of rotatable bonds is 6. The molecule has 1 aliphatic carbocycles. The molecular weight excluding hydrogens is 265 g/mol. The fourth-order valence-electron chi connectivity index (χ4n) is 2.44. The molecule has 2 rings (SSSR count). The summed E-state index contributed by atoms with van der Waals surface area (Å²) in [4.78, 5) is 2.39. The van der Waals surface area contributed by atoms with Crippen LogP contribution in [0.2, 0.25) is 0 Å². The maximum Gasteiger partial charge on any atom is 0.128 e. The van der Waals surface area contributed by atoms with Gasteiger partial charge in [0.15, 0.2) is 0 Å². The van der Waals surface area contributed by atoms with E-state index in [9.17, 15) is 4.39 Å². The summed E-state index contributed by atoms with van der Waals surface area (Å²) in [5.74, 6) is 6.10. The molecule has 1 N–H and O–H groups in total. The van der Waals surface area contributed by atoms with E-state index in [4.69, 9.17) is 5.11 Å². The molecule has 3 heteroatoms. The van der Waals surface area contributed by atoms with Gasteiger partial charge < -0.3 is 5.11 Å². The largest absolute Gasteiger partial charge is 0.395 e. The van der Waals surface area contributed by atoms with Gasteiger partial charge >= 0.3 is 0 Å². The molecule has 2 nitrogen and oxygen atoms in total. The minimum absolute atomic E-state index is 0.0408. The van der Waals surface area contributed by atoms with Crippen LogP contribution >= 0.6 is 0 Å². The topological polar surface area (TPSA) is 23.5 Å². The lowest BCUT2D eigenvalue weighted by atomic mass is 10.1. The SMILES string of the molecule is CC(C)CN(Cc1ccc(C#CCCO)cc1F)C1CC1. The molecule has 0 amide bonds. The Bertz CT molecular complexity index is 526. The lowest BCUT2D eigenvalue weighted by Crippen LogP contribution is -2.29. The number of halogens is 1. The molecule has 0 saturated heterocycles. The van der Waals surface area contributed by atoms with Gasteiger partial charge in [-0.1, -0.05) is 31.8 Å². The third-order valence-electron chi connectivity index (χ3n) is 3.56. The summed E-state index contributed by atoms with van der Waals surface area (Å²) < 4.78 is 14.2. The third-order valence-corrected chi connectivity index (χ3v) is 3.56. The Morgan fingerprint density at radius 3 is 2.71 bits per heavy atom. The van der Waals surface area contributed by atoms with Crippen LogP contribution in [0.4, 0.5) is 4.39 Å². The summed E-state index contributed by atoms with van der Waals surface area (Å²) >= 11 is 0. The Kier molecular flexibility index (Phi) is 5.78. The highest BCUT2D eigenvalue weighted by molar-refractivity contribution is 5.37. The molecule has 1 aromatic carbocycles. The first-order valence-corrected chi connectivity index (χ1v) is 7.72. The zero-order valence-electron chi connectivity index (χ0n) is 12.9. The van der Waals surface area contributed by atoms with E-state index in [1.54, 1.807) is 0 Å². The first kappa shape index (κ1) is 16.0. The smallest absolute Gasteiger partial charge is 0.128 e. The van der Waals surface area contributed by atoms with Gasteiger partial charge in [0.2, 0.25) is 0 Å². The second-order valence-electron chi connectivity index (χ2n) is 6.14. The molecular formula is C18H24FNO. The molecule has 1 aliphatic rings. The molecule has 0 bridgehead atoms. The van der Waals surface area contributed by atoms with Crippen LogP contribution in [-0.2, 0) is 6.54 Å². The number of hydrogen-bond acceptors (Lipinski definition) is 2. The third kappa shape index (κ3) is 5.15.